The Balaban J connectivity index is 2.84. The minimum atomic E-state index is 0.384. The summed E-state index contributed by atoms with van der Waals surface area (Å²) in [5.41, 5.74) is 2.88. The van der Waals surface area contributed by atoms with Crippen LogP contribution >= 0.6 is 27.5 Å². The van der Waals surface area contributed by atoms with Gasteiger partial charge < -0.3 is 4.74 Å². The van der Waals surface area contributed by atoms with E-state index >= 15 is 0 Å². The second-order valence-corrected chi connectivity index (χ2v) is 4.13. The summed E-state index contributed by atoms with van der Waals surface area (Å²) in [6.07, 6.45) is 0. The Kier molecular flexibility index (Phi) is 4.67. The van der Waals surface area contributed by atoms with Crippen LogP contribution in [-0.2, 0) is 0 Å². The summed E-state index contributed by atoms with van der Waals surface area (Å²) < 4.78 is 6.34. The standard InChI is InChI=1S/C11H9BrClNO/c1-8(5-13)7-15-11-4-10(12)3-2-9(11)6-14/h2-5H,7H2,1H3/b8-5-. The topological polar surface area (TPSA) is 33.0 Å². The van der Waals surface area contributed by atoms with Gasteiger partial charge in [0.15, 0.2) is 0 Å². The van der Waals surface area contributed by atoms with Crippen molar-refractivity contribution in [1.82, 2.24) is 0 Å². The highest BCUT2D eigenvalue weighted by Crippen LogP contribution is 2.23. The van der Waals surface area contributed by atoms with Crippen molar-refractivity contribution in [3.05, 3.63) is 39.3 Å². The zero-order valence-electron chi connectivity index (χ0n) is 8.13. The fourth-order valence-corrected chi connectivity index (χ4v) is 1.33. The molecule has 2 nitrogen and oxygen atoms in total. The lowest BCUT2D eigenvalue weighted by atomic mass is 10.2. The fraction of sp³-hybridized carbons (Fsp3) is 0.182. The lowest BCUT2D eigenvalue weighted by Gasteiger charge is -2.07. The summed E-state index contributed by atoms with van der Waals surface area (Å²) in [5, 5.41) is 8.85. The first-order valence-electron chi connectivity index (χ1n) is 4.25. The summed E-state index contributed by atoms with van der Waals surface area (Å²) >= 11 is 8.83. The van der Waals surface area contributed by atoms with Crippen LogP contribution in [0.5, 0.6) is 5.75 Å². The van der Waals surface area contributed by atoms with Gasteiger partial charge in [0.25, 0.3) is 0 Å². The predicted octanol–water partition coefficient (Wildman–Crippen LogP) is 3.84. The molecule has 0 atom stereocenters. The first kappa shape index (κ1) is 12.1. The van der Waals surface area contributed by atoms with Crippen LogP contribution in [0.4, 0.5) is 0 Å². The van der Waals surface area contributed by atoms with Crippen LogP contribution in [0.15, 0.2) is 33.8 Å². The summed E-state index contributed by atoms with van der Waals surface area (Å²) in [6.45, 7) is 2.24. The lowest BCUT2D eigenvalue weighted by Crippen LogP contribution is -1.99. The summed E-state index contributed by atoms with van der Waals surface area (Å²) in [5.74, 6) is 0.560. The van der Waals surface area contributed by atoms with Gasteiger partial charge in [-0.2, -0.15) is 5.26 Å². The molecule has 0 bridgehead atoms. The second kappa shape index (κ2) is 5.79. The van der Waals surface area contributed by atoms with Gasteiger partial charge in [-0.1, -0.05) is 27.5 Å². The van der Waals surface area contributed by atoms with Gasteiger partial charge in [0.2, 0.25) is 0 Å². The van der Waals surface area contributed by atoms with Gasteiger partial charge in [0, 0.05) is 10.0 Å². The van der Waals surface area contributed by atoms with Crippen molar-refractivity contribution in [2.75, 3.05) is 6.61 Å². The van der Waals surface area contributed by atoms with Crippen LogP contribution in [-0.4, -0.2) is 6.61 Å². The van der Waals surface area contributed by atoms with Gasteiger partial charge in [0.05, 0.1) is 5.56 Å². The summed E-state index contributed by atoms with van der Waals surface area (Å²) in [7, 11) is 0. The van der Waals surface area contributed by atoms with Crippen LogP contribution in [0, 0.1) is 11.3 Å². The van der Waals surface area contributed by atoms with E-state index in [9.17, 15) is 0 Å². The van der Waals surface area contributed by atoms with E-state index in [2.05, 4.69) is 22.0 Å². The van der Waals surface area contributed by atoms with Crippen LogP contribution in [0.3, 0.4) is 0 Å². The maximum absolute atomic E-state index is 8.85. The van der Waals surface area contributed by atoms with Crippen molar-refractivity contribution < 1.29 is 4.74 Å². The number of rotatable bonds is 3. The van der Waals surface area contributed by atoms with E-state index in [4.69, 9.17) is 21.6 Å². The minimum absolute atomic E-state index is 0.384. The van der Waals surface area contributed by atoms with E-state index in [0.29, 0.717) is 17.9 Å². The van der Waals surface area contributed by atoms with E-state index in [1.807, 2.05) is 6.92 Å². The molecule has 0 unspecified atom stereocenters. The molecule has 1 aromatic rings. The van der Waals surface area contributed by atoms with Crippen molar-refractivity contribution >= 4 is 27.5 Å². The number of hydrogen-bond acceptors (Lipinski definition) is 2. The molecule has 1 rings (SSSR count). The first-order chi connectivity index (χ1) is 7.17. The normalized spacial score (nSPS) is 10.9. The molecule has 0 radical (unpaired) electrons. The van der Waals surface area contributed by atoms with Crippen LogP contribution in [0.25, 0.3) is 0 Å². The number of nitrogens with zero attached hydrogens (tertiary/aromatic N) is 1. The zero-order valence-corrected chi connectivity index (χ0v) is 10.5. The molecule has 0 amide bonds. The number of ether oxygens (including phenoxy) is 1. The third-order valence-electron chi connectivity index (χ3n) is 1.71. The SMILES string of the molecule is C/C(=C/Cl)COc1cc(Br)ccc1C#N. The molecule has 0 saturated heterocycles. The first-order valence-corrected chi connectivity index (χ1v) is 5.48. The molecule has 0 aromatic heterocycles. The zero-order chi connectivity index (χ0) is 11.3. The highest BCUT2D eigenvalue weighted by atomic mass is 79.9. The van der Waals surface area contributed by atoms with Crippen molar-refractivity contribution in [2.45, 2.75) is 6.92 Å². The van der Waals surface area contributed by atoms with E-state index < -0.39 is 0 Å². The van der Waals surface area contributed by atoms with Gasteiger partial charge in [-0.25, -0.2) is 0 Å². The van der Waals surface area contributed by atoms with Crippen molar-refractivity contribution in [3.8, 4) is 11.8 Å². The van der Waals surface area contributed by atoms with E-state index in [-0.39, 0.29) is 0 Å². The third kappa shape index (κ3) is 3.58. The van der Waals surface area contributed by atoms with Gasteiger partial charge in [0.1, 0.15) is 18.4 Å². The smallest absolute Gasteiger partial charge is 0.138 e. The Morgan fingerprint density at radius 1 is 1.67 bits per heavy atom. The van der Waals surface area contributed by atoms with Crippen molar-refractivity contribution in [2.24, 2.45) is 0 Å². The van der Waals surface area contributed by atoms with Crippen LogP contribution in [0.1, 0.15) is 12.5 Å². The third-order valence-corrected chi connectivity index (χ3v) is 2.57. The molecular weight excluding hydrogens is 277 g/mol. The number of nitriles is 1. The monoisotopic (exact) mass is 285 g/mol. The van der Waals surface area contributed by atoms with Crippen molar-refractivity contribution in [3.63, 3.8) is 0 Å². The molecule has 15 heavy (non-hydrogen) atoms. The second-order valence-electron chi connectivity index (χ2n) is 3.00. The Hall–Kier alpha value is -0.980. The Morgan fingerprint density at radius 3 is 3.00 bits per heavy atom. The number of hydrogen-bond donors (Lipinski definition) is 0. The molecule has 78 valence electrons. The molecule has 0 aliphatic heterocycles. The average molecular weight is 287 g/mol. The van der Waals surface area contributed by atoms with Crippen LogP contribution in [0.2, 0.25) is 0 Å². The molecule has 4 heteroatoms. The summed E-state index contributed by atoms with van der Waals surface area (Å²) in [4.78, 5) is 0. The van der Waals surface area contributed by atoms with E-state index in [1.165, 1.54) is 5.54 Å². The Labute approximate surface area is 102 Å². The van der Waals surface area contributed by atoms with E-state index in [1.54, 1.807) is 18.2 Å². The average Bonchev–Trinajstić information content (AvgIpc) is 2.26. The fourth-order valence-electron chi connectivity index (χ4n) is 0.931. The van der Waals surface area contributed by atoms with Crippen molar-refractivity contribution in [1.29, 1.82) is 5.26 Å². The molecule has 0 aliphatic rings. The number of benzene rings is 1. The maximum atomic E-state index is 8.85. The van der Waals surface area contributed by atoms with E-state index in [0.717, 1.165) is 10.0 Å². The molecule has 0 saturated carbocycles. The van der Waals surface area contributed by atoms with Crippen LogP contribution < -0.4 is 4.74 Å². The number of halogens is 2. The van der Waals surface area contributed by atoms with Gasteiger partial charge >= 0.3 is 0 Å². The summed E-state index contributed by atoms with van der Waals surface area (Å²) in [6, 6.07) is 7.34. The lowest BCUT2D eigenvalue weighted by molar-refractivity contribution is 0.351. The molecule has 0 aliphatic carbocycles. The molecule has 0 heterocycles. The molecule has 0 spiro atoms. The molecule has 0 N–H and O–H groups in total. The quantitative estimate of drug-likeness (QED) is 0.845. The highest BCUT2D eigenvalue weighted by molar-refractivity contribution is 9.10. The molecule has 1 aromatic carbocycles. The highest BCUT2D eigenvalue weighted by Gasteiger charge is 2.03. The largest absolute Gasteiger partial charge is 0.488 e. The van der Waals surface area contributed by atoms with Gasteiger partial charge in [-0.15, -0.1) is 0 Å². The van der Waals surface area contributed by atoms with Gasteiger partial charge in [-0.3, -0.25) is 0 Å². The maximum Gasteiger partial charge on any atom is 0.138 e. The minimum Gasteiger partial charge on any atom is -0.488 e. The predicted molar refractivity (Wildman–Crippen MR) is 64.0 cm³/mol. The van der Waals surface area contributed by atoms with Gasteiger partial charge in [-0.05, 0) is 30.7 Å². The molecular formula is C11H9BrClNO. The molecule has 0 fully saturated rings. The Morgan fingerprint density at radius 2 is 2.40 bits per heavy atom. The Bertz CT molecular complexity index is 423.